The molecule has 0 saturated carbocycles. The summed E-state index contributed by atoms with van der Waals surface area (Å²) < 4.78 is 0. The lowest BCUT2D eigenvalue weighted by atomic mass is 9.83. The summed E-state index contributed by atoms with van der Waals surface area (Å²) in [5.41, 5.74) is 3.18. The van der Waals surface area contributed by atoms with Crippen molar-refractivity contribution in [1.82, 2.24) is 5.01 Å². The van der Waals surface area contributed by atoms with Gasteiger partial charge in [-0.2, -0.15) is 5.10 Å². The maximum atomic E-state index is 11.8. The third-order valence-corrected chi connectivity index (χ3v) is 3.64. The second kappa shape index (κ2) is 5.43. The summed E-state index contributed by atoms with van der Waals surface area (Å²) in [5.74, 6) is 0.693. The topological polar surface area (TPSA) is 44.7 Å². The van der Waals surface area contributed by atoms with E-state index in [2.05, 4.69) is 36.4 Å². The summed E-state index contributed by atoms with van der Waals surface area (Å²) in [4.78, 5) is 11.8. The first-order valence-corrected chi connectivity index (χ1v) is 6.66. The minimum Gasteiger partial charge on any atom is -0.388 e. The molecule has 0 fully saturated rings. The minimum absolute atomic E-state index is 0.0919. The summed E-state index contributed by atoms with van der Waals surface area (Å²) in [6, 6.07) is 8.19. The normalized spacial score (nSPS) is 19.6. The van der Waals surface area contributed by atoms with E-state index >= 15 is 0 Å². The molecule has 0 aliphatic carbocycles. The van der Waals surface area contributed by atoms with Crippen LogP contribution < -0.4 is 5.32 Å². The van der Waals surface area contributed by atoms with Gasteiger partial charge in [-0.3, -0.25) is 4.79 Å². The molecule has 1 heterocycles. The van der Waals surface area contributed by atoms with Gasteiger partial charge in [0.25, 0.3) is 0 Å². The molecule has 1 amide bonds. The van der Waals surface area contributed by atoms with Gasteiger partial charge in [0.05, 0.1) is 5.71 Å². The van der Waals surface area contributed by atoms with Crippen molar-refractivity contribution < 1.29 is 4.79 Å². The number of anilines is 1. The Kier molecular flexibility index (Phi) is 3.88. The molecule has 1 aromatic rings. The van der Waals surface area contributed by atoms with Crippen LogP contribution in [0, 0.1) is 11.8 Å². The van der Waals surface area contributed by atoms with Crippen molar-refractivity contribution in [1.29, 1.82) is 0 Å². The van der Waals surface area contributed by atoms with Crippen LogP contribution in [0.4, 0.5) is 5.69 Å². The molecule has 2 rings (SSSR count). The van der Waals surface area contributed by atoms with Crippen molar-refractivity contribution in [2.45, 2.75) is 20.3 Å². The molecular formula is C15H21N3O. The van der Waals surface area contributed by atoms with Gasteiger partial charge in [0, 0.05) is 32.1 Å². The molecule has 102 valence electrons. The molecule has 1 aliphatic rings. The summed E-state index contributed by atoms with van der Waals surface area (Å²) in [6.07, 6.45) is 0.542. The smallest absolute Gasteiger partial charge is 0.243 e. The number of nitrogens with zero attached hydrogens (tertiary/aromatic N) is 2. The number of benzene rings is 1. The largest absolute Gasteiger partial charge is 0.388 e. The Bertz CT molecular complexity index is 491. The predicted molar refractivity (Wildman–Crippen MR) is 78.2 cm³/mol. The molecule has 0 saturated heterocycles. The van der Waals surface area contributed by atoms with Crippen LogP contribution in [0.5, 0.6) is 0 Å². The van der Waals surface area contributed by atoms with E-state index in [0.29, 0.717) is 12.3 Å². The van der Waals surface area contributed by atoms with Crippen molar-refractivity contribution >= 4 is 17.3 Å². The highest BCUT2D eigenvalue weighted by Crippen LogP contribution is 2.27. The van der Waals surface area contributed by atoms with E-state index in [-0.39, 0.29) is 11.8 Å². The monoisotopic (exact) mass is 259 g/mol. The Hall–Kier alpha value is -1.84. The van der Waals surface area contributed by atoms with Gasteiger partial charge >= 0.3 is 0 Å². The SMILES string of the molecule is CNc1ccc(C2=NN(C)C(=O)CC2C(C)C)cc1. The first-order chi connectivity index (χ1) is 9.02. The lowest BCUT2D eigenvalue weighted by molar-refractivity contribution is -0.131. The van der Waals surface area contributed by atoms with Gasteiger partial charge in [-0.25, -0.2) is 5.01 Å². The van der Waals surface area contributed by atoms with Gasteiger partial charge < -0.3 is 5.32 Å². The van der Waals surface area contributed by atoms with Gasteiger partial charge in [0.2, 0.25) is 5.91 Å². The molecule has 0 radical (unpaired) electrons. The second-order valence-electron chi connectivity index (χ2n) is 5.28. The lowest BCUT2D eigenvalue weighted by Gasteiger charge is -2.29. The van der Waals surface area contributed by atoms with E-state index in [4.69, 9.17) is 0 Å². The Labute approximate surface area is 114 Å². The van der Waals surface area contributed by atoms with E-state index in [1.165, 1.54) is 5.01 Å². The number of hydrogen-bond donors (Lipinski definition) is 1. The van der Waals surface area contributed by atoms with E-state index in [9.17, 15) is 4.79 Å². The van der Waals surface area contributed by atoms with Crippen molar-refractivity contribution in [2.75, 3.05) is 19.4 Å². The second-order valence-corrected chi connectivity index (χ2v) is 5.28. The molecular weight excluding hydrogens is 238 g/mol. The zero-order valence-electron chi connectivity index (χ0n) is 12.0. The van der Waals surface area contributed by atoms with Crippen LogP contribution in [0.3, 0.4) is 0 Å². The Morgan fingerprint density at radius 3 is 2.47 bits per heavy atom. The van der Waals surface area contributed by atoms with E-state index in [0.717, 1.165) is 17.0 Å². The number of carbonyl (C=O) groups is 1. The first-order valence-electron chi connectivity index (χ1n) is 6.66. The fourth-order valence-corrected chi connectivity index (χ4v) is 2.34. The molecule has 0 bridgehead atoms. The van der Waals surface area contributed by atoms with Crippen LogP contribution in [0.1, 0.15) is 25.8 Å². The average Bonchev–Trinajstić information content (AvgIpc) is 2.41. The minimum atomic E-state index is 0.0919. The first kappa shape index (κ1) is 13.6. The predicted octanol–water partition coefficient (Wildman–Crippen LogP) is 2.57. The van der Waals surface area contributed by atoms with Crippen LogP contribution >= 0.6 is 0 Å². The molecule has 4 nitrogen and oxygen atoms in total. The molecule has 1 aliphatic heterocycles. The number of rotatable bonds is 3. The highest BCUT2D eigenvalue weighted by atomic mass is 16.2. The van der Waals surface area contributed by atoms with Crippen molar-refractivity contribution in [3.63, 3.8) is 0 Å². The van der Waals surface area contributed by atoms with Crippen molar-refractivity contribution in [2.24, 2.45) is 16.9 Å². The fraction of sp³-hybridized carbons (Fsp3) is 0.467. The maximum absolute atomic E-state index is 11.8. The van der Waals surface area contributed by atoms with Crippen LogP contribution in [-0.4, -0.2) is 30.7 Å². The van der Waals surface area contributed by atoms with Crippen LogP contribution in [0.15, 0.2) is 29.4 Å². The van der Waals surface area contributed by atoms with Gasteiger partial charge in [-0.05, 0) is 23.6 Å². The zero-order valence-corrected chi connectivity index (χ0v) is 12.0. The third-order valence-electron chi connectivity index (χ3n) is 3.64. The molecule has 1 atom stereocenters. The lowest BCUT2D eigenvalue weighted by Crippen LogP contribution is -2.37. The number of nitrogens with one attached hydrogen (secondary N) is 1. The van der Waals surface area contributed by atoms with Crippen LogP contribution in [0.25, 0.3) is 0 Å². The van der Waals surface area contributed by atoms with Crippen LogP contribution in [0.2, 0.25) is 0 Å². The maximum Gasteiger partial charge on any atom is 0.243 e. The fourth-order valence-electron chi connectivity index (χ4n) is 2.34. The van der Waals surface area contributed by atoms with Gasteiger partial charge in [-0.15, -0.1) is 0 Å². The molecule has 4 heteroatoms. The van der Waals surface area contributed by atoms with Gasteiger partial charge in [-0.1, -0.05) is 26.0 Å². The highest BCUT2D eigenvalue weighted by molar-refractivity contribution is 6.06. The van der Waals surface area contributed by atoms with Gasteiger partial charge in [0.15, 0.2) is 0 Å². The Morgan fingerprint density at radius 2 is 1.95 bits per heavy atom. The Balaban J connectivity index is 2.37. The molecule has 1 aromatic carbocycles. The number of carbonyl (C=O) groups excluding carboxylic acids is 1. The van der Waals surface area contributed by atoms with E-state index in [1.807, 2.05) is 19.2 Å². The van der Waals surface area contributed by atoms with Crippen molar-refractivity contribution in [3.8, 4) is 0 Å². The molecule has 0 spiro atoms. The third kappa shape index (κ3) is 2.78. The quantitative estimate of drug-likeness (QED) is 0.906. The van der Waals surface area contributed by atoms with Crippen molar-refractivity contribution in [3.05, 3.63) is 29.8 Å². The molecule has 1 unspecified atom stereocenters. The summed E-state index contributed by atoms with van der Waals surface area (Å²) in [6.45, 7) is 4.28. The standard InChI is InChI=1S/C15H21N3O/c1-10(2)13-9-14(19)18(4)17-15(13)11-5-7-12(16-3)8-6-11/h5-8,10,13,16H,9H2,1-4H3. The Morgan fingerprint density at radius 1 is 1.32 bits per heavy atom. The number of amides is 1. The van der Waals surface area contributed by atoms with E-state index in [1.54, 1.807) is 7.05 Å². The number of hydrogen-bond acceptors (Lipinski definition) is 3. The zero-order chi connectivity index (χ0) is 14.0. The van der Waals surface area contributed by atoms with E-state index < -0.39 is 0 Å². The average molecular weight is 259 g/mol. The van der Waals surface area contributed by atoms with Crippen LogP contribution in [-0.2, 0) is 4.79 Å². The number of hydrazone groups is 1. The molecule has 1 N–H and O–H groups in total. The summed E-state index contributed by atoms with van der Waals surface area (Å²) >= 11 is 0. The summed E-state index contributed by atoms with van der Waals surface area (Å²) in [5, 5.41) is 9.03. The highest BCUT2D eigenvalue weighted by Gasteiger charge is 2.30. The molecule has 19 heavy (non-hydrogen) atoms. The van der Waals surface area contributed by atoms with Gasteiger partial charge in [0.1, 0.15) is 0 Å². The summed E-state index contributed by atoms with van der Waals surface area (Å²) in [7, 11) is 3.62. The molecule has 0 aromatic heterocycles.